The molecular weight excluding hydrogens is 351 g/mol. The Bertz CT molecular complexity index is 927. The summed E-state index contributed by atoms with van der Waals surface area (Å²) in [6.07, 6.45) is 0. The predicted octanol–water partition coefficient (Wildman–Crippen LogP) is 3.94. The number of ether oxygens (including phenoxy) is 1. The largest absolute Gasteiger partial charge is 0.487 e. The van der Waals surface area contributed by atoms with E-state index in [1.807, 2.05) is 36.4 Å². The number of nitrogen functional groups attached to an aromatic ring is 1. The van der Waals surface area contributed by atoms with E-state index in [0.29, 0.717) is 22.4 Å². The van der Waals surface area contributed by atoms with Gasteiger partial charge in [-0.25, -0.2) is 14.4 Å². The normalized spacial score (nSPS) is 10.3. The molecule has 0 saturated heterocycles. The van der Waals surface area contributed by atoms with Crippen LogP contribution in [0.4, 0.5) is 10.2 Å². The summed E-state index contributed by atoms with van der Waals surface area (Å²) in [5.74, 6) is 0.937. The summed E-state index contributed by atoms with van der Waals surface area (Å²) in [6.45, 7) is 0.0418. The minimum absolute atomic E-state index is 0.0418. The predicted molar refractivity (Wildman–Crippen MR) is 97.9 cm³/mol. The van der Waals surface area contributed by atoms with Gasteiger partial charge in [-0.15, -0.1) is 0 Å². The van der Waals surface area contributed by atoms with E-state index in [0.717, 1.165) is 5.56 Å². The van der Waals surface area contributed by atoms with Crippen LogP contribution in [0.5, 0.6) is 5.75 Å². The van der Waals surface area contributed by atoms with Crippen molar-refractivity contribution in [2.24, 2.45) is 0 Å². The molecule has 7 heteroatoms. The molecule has 0 radical (unpaired) electrons. The van der Waals surface area contributed by atoms with Crippen LogP contribution in [0.1, 0.15) is 16.8 Å². The summed E-state index contributed by atoms with van der Waals surface area (Å²) in [5.41, 5.74) is 7.62. The van der Waals surface area contributed by atoms with Crippen molar-refractivity contribution in [2.75, 3.05) is 5.73 Å². The van der Waals surface area contributed by atoms with Crippen molar-refractivity contribution in [3.63, 3.8) is 0 Å². The van der Waals surface area contributed by atoms with E-state index in [2.05, 4.69) is 9.97 Å². The van der Waals surface area contributed by atoms with Crippen molar-refractivity contribution >= 4 is 17.6 Å². The number of nitrogens with two attached hydrogens (primary N) is 1. The van der Waals surface area contributed by atoms with E-state index in [1.165, 1.54) is 36.0 Å². The van der Waals surface area contributed by atoms with Crippen LogP contribution in [0.2, 0.25) is 0 Å². The standard InChI is InChI=1S/C19H15FN4OS/c20-14-6-8-15(9-7-14)25-11-17-16(10-21)18(22)24-19(23-17)26-12-13-4-2-1-3-5-13/h1-9H,11-12H2,(H2,22,23,24). The Morgan fingerprint density at radius 2 is 1.81 bits per heavy atom. The third kappa shape index (κ3) is 4.49. The summed E-state index contributed by atoms with van der Waals surface area (Å²) < 4.78 is 18.6. The second kappa shape index (κ2) is 8.32. The van der Waals surface area contributed by atoms with E-state index < -0.39 is 0 Å². The number of rotatable bonds is 6. The van der Waals surface area contributed by atoms with E-state index in [-0.39, 0.29) is 23.8 Å². The molecule has 130 valence electrons. The van der Waals surface area contributed by atoms with Crippen LogP contribution in [-0.4, -0.2) is 9.97 Å². The summed E-state index contributed by atoms with van der Waals surface area (Å²) in [4.78, 5) is 8.59. The molecule has 5 nitrogen and oxygen atoms in total. The fourth-order valence-electron chi connectivity index (χ4n) is 2.20. The topological polar surface area (TPSA) is 84.8 Å². The monoisotopic (exact) mass is 366 g/mol. The molecule has 0 fully saturated rings. The van der Waals surface area contributed by atoms with Gasteiger partial charge in [0, 0.05) is 5.75 Å². The van der Waals surface area contributed by atoms with E-state index in [1.54, 1.807) is 0 Å². The molecule has 0 spiro atoms. The van der Waals surface area contributed by atoms with Gasteiger partial charge in [-0.1, -0.05) is 42.1 Å². The first-order valence-corrected chi connectivity index (χ1v) is 8.76. The average molecular weight is 366 g/mol. The molecule has 0 amide bonds. The highest BCUT2D eigenvalue weighted by molar-refractivity contribution is 7.98. The van der Waals surface area contributed by atoms with Crippen LogP contribution in [-0.2, 0) is 12.4 Å². The molecule has 0 aliphatic heterocycles. The van der Waals surface area contributed by atoms with Gasteiger partial charge in [0.25, 0.3) is 0 Å². The van der Waals surface area contributed by atoms with E-state index in [4.69, 9.17) is 10.5 Å². The zero-order valence-electron chi connectivity index (χ0n) is 13.7. The van der Waals surface area contributed by atoms with Crippen LogP contribution < -0.4 is 10.5 Å². The highest BCUT2D eigenvalue weighted by Gasteiger charge is 2.13. The Balaban J connectivity index is 1.75. The lowest BCUT2D eigenvalue weighted by Crippen LogP contribution is -2.08. The third-order valence-corrected chi connectivity index (χ3v) is 4.42. The second-order valence-electron chi connectivity index (χ2n) is 5.34. The lowest BCUT2D eigenvalue weighted by molar-refractivity contribution is 0.299. The van der Waals surface area contributed by atoms with Gasteiger partial charge >= 0.3 is 0 Å². The Labute approximate surface area is 154 Å². The number of nitriles is 1. The number of anilines is 1. The molecule has 0 bridgehead atoms. The number of aromatic nitrogens is 2. The lowest BCUT2D eigenvalue weighted by atomic mass is 10.2. The number of hydrogen-bond acceptors (Lipinski definition) is 6. The SMILES string of the molecule is N#Cc1c(N)nc(SCc2ccccc2)nc1COc1ccc(F)cc1. The first-order valence-electron chi connectivity index (χ1n) is 7.77. The van der Waals surface area contributed by atoms with Crippen LogP contribution in [0.3, 0.4) is 0 Å². The van der Waals surface area contributed by atoms with Crippen molar-refractivity contribution in [2.45, 2.75) is 17.5 Å². The third-order valence-electron chi connectivity index (χ3n) is 3.50. The molecule has 1 heterocycles. The average Bonchev–Trinajstić information content (AvgIpc) is 2.66. The fourth-order valence-corrected chi connectivity index (χ4v) is 3.02. The summed E-state index contributed by atoms with van der Waals surface area (Å²) in [5, 5.41) is 9.78. The van der Waals surface area contributed by atoms with Gasteiger partial charge in [-0.2, -0.15) is 5.26 Å². The van der Waals surface area contributed by atoms with Crippen molar-refractivity contribution < 1.29 is 9.13 Å². The molecular formula is C19H15FN4OS. The molecule has 0 saturated carbocycles. The minimum atomic E-state index is -0.346. The Morgan fingerprint density at radius 1 is 1.08 bits per heavy atom. The van der Waals surface area contributed by atoms with Crippen molar-refractivity contribution in [3.8, 4) is 11.8 Å². The lowest BCUT2D eigenvalue weighted by Gasteiger charge is -2.10. The van der Waals surface area contributed by atoms with Gasteiger partial charge in [0.05, 0.1) is 0 Å². The van der Waals surface area contributed by atoms with Crippen molar-refractivity contribution in [1.29, 1.82) is 5.26 Å². The Hall–Kier alpha value is -3.11. The number of benzene rings is 2. The zero-order chi connectivity index (χ0) is 18.4. The molecule has 0 atom stereocenters. The van der Waals surface area contributed by atoms with Crippen LogP contribution >= 0.6 is 11.8 Å². The Kier molecular flexibility index (Phi) is 5.66. The van der Waals surface area contributed by atoms with Gasteiger partial charge in [0.1, 0.15) is 41.3 Å². The summed E-state index contributed by atoms with van der Waals surface area (Å²) >= 11 is 1.43. The minimum Gasteiger partial charge on any atom is -0.487 e. The van der Waals surface area contributed by atoms with E-state index in [9.17, 15) is 9.65 Å². The van der Waals surface area contributed by atoms with Crippen molar-refractivity contribution in [1.82, 2.24) is 9.97 Å². The first-order chi connectivity index (χ1) is 12.7. The maximum absolute atomic E-state index is 13.0. The van der Waals surface area contributed by atoms with Gasteiger partial charge < -0.3 is 10.5 Å². The van der Waals surface area contributed by atoms with Gasteiger partial charge in [-0.05, 0) is 29.8 Å². The van der Waals surface area contributed by atoms with Crippen LogP contribution in [0.15, 0.2) is 59.8 Å². The highest BCUT2D eigenvalue weighted by Crippen LogP contribution is 2.24. The van der Waals surface area contributed by atoms with Gasteiger partial charge in [-0.3, -0.25) is 0 Å². The number of nitrogens with zero attached hydrogens (tertiary/aromatic N) is 3. The molecule has 2 N–H and O–H groups in total. The molecule has 0 unspecified atom stereocenters. The van der Waals surface area contributed by atoms with Crippen LogP contribution in [0, 0.1) is 17.1 Å². The second-order valence-corrected chi connectivity index (χ2v) is 6.28. The van der Waals surface area contributed by atoms with Crippen molar-refractivity contribution in [3.05, 3.63) is 77.2 Å². The summed E-state index contributed by atoms with van der Waals surface area (Å²) in [7, 11) is 0. The van der Waals surface area contributed by atoms with Gasteiger partial charge in [0.2, 0.25) is 0 Å². The molecule has 3 aromatic rings. The molecule has 0 aliphatic carbocycles. The molecule has 26 heavy (non-hydrogen) atoms. The number of hydrogen-bond donors (Lipinski definition) is 1. The Morgan fingerprint density at radius 3 is 2.50 bits per heavy atom. The first kappa shape index (κ1) is 17.7. The number of halogens is 1. The molecule has 0 aliphatic rings. The smallest absolute Gasteiger partial charge is 0.190 e. The maximum Gasteiger partial charge on any atom is 0.190 e. The molecule has 3 rings (SSSR count). The zero-order valence-corrected chi connectivity index (χ0v) is 14.5. The van der Waals surface area contributed by atoms with Crippen LogP contribution in [0.25, 0.3) is 0 Å². The summed E-state index contributed by atoms with van der Waals surface area (Å²) in [6, 6.07) is 17.5. The number of thioether (sulfide) groups is 1. The fraction of sp³-hybridized carbons (Fsp3) is 0.105. The highest BCUT2D eigenvalue weighted by atomic mass is 32.2. The molecule has 1 aromatic heterocycles. The quantitative estimate of drug-likeness (QED) is 0.525. The van der Waals surface area contributed by atoms with Gasteiger partial charge in [0.15, 0.2) is 5.16 Å². The maximum atomic E-state index is 13.0. The van der Waals surface area contributed by atoms with E-state index >= 15 is 0 Å². The molecule has 2 aromatic carbocycles.